The molecule has 0 radical (unpaired) electrons. The average molecular weight is 278 g/mol. The zero-order valence-corrected chi connectivity index (χ0v) is 11.6. The van der Waals surface area contributed by atoms with Crippen molar-refractivity contribution < 1.29 is 14.3 Å². The summed E-state index contributed by atoms with van der Waals surface area (Å²) >= 11 is 0. The van der Waals surface area contributed by atoms with E-state index in [4.69, 9.17) is 9.47 Å². The van der Waals surface area contributed by atoms with E-state index in [0.29, 0.717) is 0 Å². The van der Waals surface area contributed by atoms with Crippen molar-refractivity contribution in [2.75, 3.05) is 0 Å². The van der Waals surface area contributed by atoms with E-state index >= 15 is 0 Å². The lowest BCUT2D eigenvalue weighted by molar-refractivity contribution is 0.0625. The number of rotatable bonds is 0. The summed E-state index contributed by atoms with van der Waals surface area (Å²) in [6.45, 7) is 2.17. The Bertz CT molecular complexity index is 732. The summed E-state index contributed by atoms with van der Waals surface area (Å²) in [6.07, 6.45) is -0.992. The standard InChI is InChI=1S/C18H14O3/c1-18-12-8-4-2-6-10(12)14(11-7-3-5-9-13(11)18)15-16(18)21-17(19)20-15/h2-9,14-16H,1H3/t14?,15-,16-,18?/m0/s1. The van der Waals surface area contributed by atoms with E-state index in [1.165, 1.54) is 22.3 Å². The van der Waals surface area contributed by atoms with Crippen LogP contribution in [0.2, 0.25) is 0 Å². The van der Waals surface area contributed by atoms with Crippen LogP contribution in [0.5, 0.6) is 0 Å². The van der Waals surface area contributed by atoms with Crippen molar-refractivity contribution in [2.24, 2.45) is 0 Å². The number of ether oxygens (including phenoxy) is 2. The minimum absolute atomic E-state index is 0.0793. The van der Waals surface area contributed by atoms with Crippen molar-refractivity contribution >= 4 is 6.16 Å². The lowest BCUT2D eigenvalue weighted by Gasteiger charge is -2.51. The van der Waals surface area contributed by atoms with Crippen molar-refractivity contribution in [3.63, 3.8) is 0 Å². The molecule has 1 aliphatic heterocycles. The molecule has 2 aromatic rings. The maximum atomic E-state index is 11.7. The van der Waals surface area contributed by atoms with Crippen LogP contribution in [-0.4, -0.2) is 18.4 Å². The number of carbonyl (C=O) groups excluding carboxylic acids is 1. The Morgan fingerprint density at radius 3 is 2.10 bits per heavy atom. The first-order chi connectivity index (χ1) is 10.2. The molecule has 3 heteroatoms. The smallest absolute Gasteiger partial charge is 0.426 e. The van der Waals surface area contributed by atoms with Crippen molar-refractivity contribution in [1.29, 1.82) is 0 Å². The van der Waals surface area contributed by atoms with E-state index < -0.39 is 6.16 Å². The monoisotopic (exact) mass is 278 g/mol. The van der Waals surface area contributed by atoms with Gasteiger partial charge in [0, 0.05) is 0 Å². The van der Waals surface area contributed by atoms with E-state index in [0.717, 1.165) is 0 Å². The van der Waals surface area contributed by atoms with Crippen molar-refractivity contribution in [3.05, 3.63) is 70.8 Å². The van der Waals surface area contributed by atoms with Gasteiger partial charge in [0.15, 0.2) is 12.2 Å². The minimum atomic E-state index is -0.540. The first kappa shape index (κ1) is 11.4. The normalized spacial score (nSPS) is 34.5. The van der Waals surface area contributed by atoms with Crippen molar-refractivity contribution in [3.8, 4) is 0 Å². The molecule has 2 bridgehead atoms. The van der Waals surface area contributed by atoms with E-state index in [1.54, 1.807) is 0 Å². The van der Waals surface area contributed by atoms with Gasteiger partial charge < -0.3 is 9.47 Å². The van der Waals surface area contributed by atoms with E-state index in [-0.39, 0.29) is 23.5 Å². The van der Waals surface area contributed by atoms with Crippen LogP contribution in [0, 0.1) is 0 Å². The third kappa shape index (κ3) is 1.15. The number of carbonyl (C=O) groups is 1. The molecule has 0 unspecified atom stereocenters. The summed E-state index contributed by atoms with van der Waals surface area (Å²) in [5.74, 6) is 0.0793. The van der Waals surface area contributed by atoms with E-state index in [1.807, 2.05) is 0 Å². The molecule has 2 aromatic carbocycles. The molecule has 1 saturated heterocycles. The molecule has 6 rings (SSSR count). The Labute approximate surface area is 122 Å². The fourth-order valence-electron chi connectivity index (χ4n) is 4.52. The van der Waals surface area contributed by atoms with Gasteiger partial charge in [-0.1, -0.05) is 48.5 Å². The molecule has 3 nitrogen and oxygen atoms in total. The summed E-state index contributed by atoms with van der Waals surface area (Å²) in [6, 6.07) is 16.8. The molecular formula is C18H14O3. The highest BCUT2D eigenvalue weighted by Gasteiger charge is 2.62. The molecule has 104 valence electrons. The third-order valence-electron chi connectivity index (χ3n) is 5.36. The third-order valence-corrected chi connectivity index (χ3v) is 5.36. The fourth-order valence-corrected chi connectivity index (χ4v) is 4.52. The number of hydrogen-bond acceptors (Lipinski definition) is 3. The van der Waals surface area contributed by atoms with Gasteiger partial charge in [0.2, 0.25) is 0 Å². The second-order valence-electron chi connectivity index (χ2n) is 6.23. The number of hydrogen-bond donors (Lipinski definition) is 0. The zero-order chi connectivity index (χ0) is 14.2. The summed E-state index contributed by atoms with van der Waals surface area (Å²) in [4.78, 5) is 11.7. The fraction of sp³-hybridized carbons (Fsp3) is 0.278. The SMILES string of the molecule is CC12c3ccccc3C(c3ccccc31)[C@@H]1OC(=O)O[C@@H]12. The molecule has 0 aromatic heterocycles. The van der Waals surface area contributed by atoms with E-state index in [2.05, 4.69) is 55.5 Å². The van der Waals surface area contributed by atoms with Crippen LogP contribution in [0.15, 0.2) is 48.5 Å². The molecule has 0 amide bonds. The molecule has 2 atom stereocenters. The second-order valence-corrected chi connectivity index (χ2v) is 6.23. The molecule has 0 saturated carbocycles. The van der Waals surface area contributed by atoms with Gasteiger partial charge in [-0.25, -0.2) is 4.79 Å². The second kappa shape index (κ2) is 3.48. The summed E-state index contributed by atoms with van der Waals surface area (Å²) in [7, 11) is 0. The van der Waals surface area contributed by atoms with Gasteiger partial charge in [-0.05, 0) is 29.2 Å². The number of benzene rings is 2. The molecule has 3 aliphatic carbocycles. The molecule has 1 fully saturated rings. The highest BCUT2D eigenvalue weighted by Crippen LogP contribution is 2.59. The maximum Gasteiger partial charge on any atom is 0.509 e. The first-order valence-corrected chi connectivity index (χ1v) is 7.27. The Kier molecular flexibility index (Phi) is 1.88. The van der Waals surface area contributed by atoms with Crippen LogP contribution in [0.4, 0.5) is 4.79 Å². The van der Waals surface area contributed by atoms with Gasteiger partial charge in [-0.2, -0.15) is 0 Å². The Morgan fingerprint density at radius 1 is 0.905 bits per heavy atom. The Morgan fingerprint density at radius 2 is 1.48 bits per heavy atom. The molecule has 1 heterocycles. The quantitative estimate of drug-likeness (QED) is 0.693. The first-order valence-electron chi connectivity index (χ1n) is 7.27. The van der Waals surface area contributed by atoms with E-state index in [9.17, 15) is 4.79 Å². The zero-order valence-electron chi connectivity index (χ0n) is 11.6. The largest absolute Gasteiger partial charge is 0.509 e. The van der Waals surface area contributed by atoms with Gasteiger partial charge in [0.1, 0.15) is 0 Å². The molecule has 0 N–H and O–H groups in total. The topological polar surface area (TPSA) is 35.5 Å². The molecule has 0 spiro atoms. The highest BCUT2D eigenvalue weighted by atomic mass is 16.8. The Balaban J connectivity index is 1.89. The lowest BCUT2D eigenvalue weighted by atomic mass is 9.53. The van der Waals surface area contributed by atoms with Gasteiger partial charge >= 0.3 is 6.16 Å². The summed E-state index contributed by atoms with van der Waals surface area (Å²) in [5, 5.41) is 0. The lowest BCUT2D eigenvalue weighted by Crippen LogP contribution is -2.55. The van der Waals surface area contributed by atoms with Crippen LogP contribution in [0.3, 0.4) is 0 Å². The van der Waals surface area contributed by atoms with Crippen LogP contribution in [0.1, 0.15) is 35.1 Å². The molecule has 21 heavy (non-hydrogen) atoms. The maximum absolute atomic E-state index is 11.7. The van der Waals surface area contributed by atoms with Crippen LogP contribution in [-0.2, 0) is 14.9 Å². The molecule has 4 aliphatic rings. The minimum Gasteiger partial charge on any atom is -0.426 e. The van der Waals surface area contributed by atoms with Crippen LogP contribution >= 0.6 is 0 Å². The predicted octanol–water partition coefficient (Wildman–Crippen LogP) is 3.36. The Hall–Kier alpha value is -2.29. The van der Waals surface area contributed by atoms with Gasteiger partial charge in [0.25, 0.3) is 0 Å². The van der Waals surface area contributed by atoms with Crippen LogP contribution < -0.4 is 0 Å². The predicted molar refractivity (Wildman–Crippen MR) is 76.3 cm³/mol. The van der Waals surface area contributed by atoms with Crippen molar-refractivity contribution in [2.45, 2.75) is 30.5 Å². The highest BCUT2D eigenvalue weighted by molar-refractivity contribution is 5.69. The van der Waals surface area contributed by atoms with Gasteiger partial charge in [-0.3, -0.25) is 0 Å². The summed E-state index contributed by atoms with van der Waals surface area (Å²) < 4.78 is 11.1. The van der Waals surface area contributed by atoms with Gasteiger partial charge in [-0.15, -0.1) is 0 Å². The average Bonchev–Trinajstić information content (AvgIpc) is 2.91. The molecular weight excluding hydrogens is 264 g/mol. The van der Waals surface area contributed by atoms with Crippen molar-refractivity contribution in [1.82, 2.24) is 0 Å². The summed E-state index contributed by atoms with van der Waals surface area (Å²) in [5.41, 5.74) is 4.71. The van der Waals surface area contributed by atoms with Gasteiger partial charge in [0.05, 0.1) is 11.3 Å². The van der Waals surface area contributed by atoms with Crippen LogP contribution in [0.25, 0.3) is 0 Å².